The molecule has 1 saturated heterocycles. The number of rotatable bonds is 3. The topological polar surface area (TPSA) is 88.1 Å². The second kappa shape index (κ2) is 5.69. The van der Waals surface area contributed by atoms with Gasteiger partial charge in [0.25, 0.3) is 0 Å². The number of methoxy groups -OCH3 is 1. The number of nitrogen functional groups attached to an aromatic ring is 1. The van der Waals surface area contributed by atoms with Crippen LogP contribution in [0.1, 0.15) is 25.8 Å². The van der Waals surface area contributed by atoms with E-state index in [0.717, 1.165) is 25.0 Å². The molecule has 2 aromatic rings. The standard InChI is InChI=1S/C14H19N5O2/c1-9-7-11(5-6-21-9)19-14(16-17-18-19)12-8-10(15)3-4-13(12)20-2/h3-4,8-9,11H,5-7,15H2,1-2H3. The molecule has 1 fully saturated rings. The van der Waals surface area contributed by atoms with Crippen molar-refractivity contribution in [1.82, 2.24) is 20.2 Å². The number of benzene rings is 1. The molecular weight excluding hydrogens is 270 g/mol. The SMILES string of the molecule is COc1ccc(N)cc1-c1nnnn1C1CCOC(C)C1. The first-order valence-electron chi connectivity index (χ1n) is 7.02. The van der Waals surface area contributed by atoms with Gasteiger partial charge in [-0.1, -0.05) is 0 Å². The molecule has 0 saturated carbocycles. The highest BCUT2D eigenvalue weighted by Crippen LogP contribution is 2.33. The second-order valence-corrected chi connectivity index (χ2v) is 5.27. The summed E-state index contributed by atoms with van der Waals surface area (Å²) in [7, 11) is 1.62. The van der Waals surface area contributed by atoms with E-state index in [-0.39, 0.29) is 12.1 Å². The Hall–Kier alpha value is -2.15. The summed E-state index contributed by atoms with van der Waals surface area (Å²) in [5.41, 5.74) is 7.35. The zero-order chi connectivity index (χ0) is 14.8. The van der Waals surface area contributed by atoms with Crippen LogP contribution < -0.4 is 10.5 Å². The van der Waals surface area contributed by atoms with E-state index < -0.39 is 0 Å². The minimum atomic E-state index is 0.212. The van der Waals surface area contributed by atoms with E-state index >= 15 is 0 Å². The number of hydrogen-bond donors (Lipinski definition) is 1. The van der Waals surface area contributed by atoms with Crippen LogP contribution in [-0.2, 0) is 4.74 Å². The Morgan fingerprint density at radius 1 is 1.43 bits per heavy atom. The van der Waals surface area contributed by atoms with E-state index in [1.54, 1.807) is 13.2 Å². The van der Waals surface area contributed by atoms with Crippen molar-refractivity contribution in [1.29, 1.82) is 0 Å². The Morgan fingerprint density at radius 3 is 3.05 bits per heavy atom. The molecule has 1 aromatic heterocycles. The van der Waals surface area contributed by atoms with Gasteiger partial charge in [-0.3, -0.25) is 0 Å². The highest BCUT2D eigenvalue weighted by Gasteiger charge is 2.26. The van der Waals surface area contributed by atoms with Gasteiger partial charge >= 0.3 is 0 Å². The van der Waals surface area contributed by atoms with Crippen molar-refractivity contribution < 1.29 is 9.47 Å². The molecule has 2 heterocycles. The van der Waals surface area contributed by atoms with E-state index in [1.807, 2.05) is 16.8 Å². The van der Waals surface area contributed by atoms with Crippen LogP contribution in [0.3, 0.4) is 0 Å². The molecule has 1 aliphatic heterocycles. The first kappa shape index (κ1) is 13.8. The maximum atomic E-state index is 5.89. The van der Waals surface area contributed by atoms with E-state index in [4.69, 9.17) is 15.2 Å². The van der Waals surface area contributed by atoms with Crippen molar-refractivity contribution in [3.63, 3.8) is 0 Å². The molecule has 21 heavy (non-hydrogen) atoms. The Morgan fingerprint density at radius 2 is 2.29 bits per heavy atom. The summed E-state index contributed by atoms with van der Waals surface area (Å²) in [6.07, 6.45) is 2.00. The third-order valence-corrected chi connectivity index (χ3v) is 3.76. The highest BCUT2D eigenvalue weighted by atomic mass is 16.5. The van der Waals surface area contributed by atoms with Gasteiger partial charge in [0.1, 0.15) is 5.75 Å². The van der Waals surface area contributed by atoms with Crippen LogP contribution in [0, 0.1) is 0 Å². The van der Waals surface area contributed by atoms with E-state index in [2.05, 4.69) is 22.4 Å². The first-order valence-corrected chi connectivity index (χ1v) is 7.02. The molecule has 3 rings (SSSR count). The third kappa shape index (κ3) is 2.69. The lowest BCUT2D eigenvalue weighted by atomic mass is 10.0. The maximum Gasteiger partial charge on any atom is 0.186 e. The van der Waals surface area contributed by atoms with Crippen LogP contribution in [0.4, 0.5) is 5.69 Å². The van der Waals surface area contributed by atoms with Gasteiger partial charge in [0.05, 0.1) is 24.8 Å². The Balaban J connectivity index is 2.01. The van der Waals surface area contributed by atoms with Crippen molar-refractivity contribution in [3.05, 3.63) is 18.2 Å². The summed E-state index contributed by atoms with van der Waals surface area (Å²) in [6, 6.07) is 5.69. The van der Waals surface area contributed by atoms with Crippen LogP contribution in [0.2, 0.25) is 0 Å². The van der Waals surface area contributed by atoms with Gasteiger partial charge in [-0.2, -0.15) is 0 Å². The fourth-order valence-electron chi connectivity index (χ4n) is 2.71. The van der Waals surface area contributed by atoms with Gasteiger partial charge in [0.2, 0.25) is 0 Å². The predicted octanol–water partition coefficient (Wildman–Crippen LogP) is 1.67. The zero-order valence-corrected chi connectivity index (χ0v) is 12.2. The molecule has 1 aromatic carbocycles. The van der Waals surface area contributed by atoms with Gasteiger partial charge in [-0.15, -0.1) is 5.10 Å². The van der Waals surface area contributed by atoms with Gasteiger partial charge < -0.3 is 15.2 Å². The number of nitrogens with zero attached hydrogens (tertiary/aromatic N) is 4. The zero-order valence-electron chi connectivity index (χ0n) is 12.2. The van der Waals surface area contributed by atoms with Crippen molar-refractivity contribution in [3.8, 4) is 17.1 Å². The predicted molar refractivity (Wildman–Crippen MR) is 77.9 cm³/mol. The summed E-state index contributed by atoms with van der Waals surface area (Å²) in [5, 5.41) is 12.2. The molecule has 2 atom stereocenters. The summed E-state index contributed by atoms with van der Waals surface area (Å²) in [5.74, 6) is 1.39. The third-order valence-electron chi connectivity index (χ3n) is 3.76. The number of nitrogens with two attached hydrogens (primary N) is 1. The van der Waals surface area contributed by atoms with E-state index in [9.17, 15) is 0 Å². The number of hydrogen-bond acceptors (Lipinski definition) is 6. The molecule has 7 nitrogen and oxygen atoms in total. The van der Waals surface area contributed by atoms with Gasteiger partial charge in [-0.05, 0) is 48.4 Å². The summed E-state index contributed by atoms with van der Waals surface area (Å²) < 4.78 is 12.8. The molecule has 2 unspecified atom stereocenters. The average molecular weight is 289 g/mol. The number of anilines is 1. The minimum absolute atomic E-state index is 0.212. The normalized spacial score (nSPS) is 22.2. The van der Waals surface area contributed by atoms with Gasteiger partial charge in [0, 0.05) is 12.3 Å². The van der Waals surface area contributed by atoms with E-state index in [1.165, 1.54) is 0 Å². The Kier molecular flexibility index (Phi) is 3.74. The lowest BCUT2D eigenvalue weighted by Crippen LogP contribution is -2.26. The van der Waals surface area contributed by atoms with Crippen LogP contribution in [0.25, 0.3) is 11.4 Å². The number of aromatic nitrogens is 4. The van der Waals surface area contributed by atoms with E-state index in [0.29, 0.717) is 17.3 Å². The van der Waals surface area contributed by atoms with Crippen molar-refractivity contribution in [2.24, 2.45) is 0 Å². The first-order chi connectivity index (χ1) is 10.2. The fraction of sp³-hybridized carbons (Fsp3) is 0.500. The van der Waals surface area contributed by atoms with Crippen LogP contribution in [-0.4, -0.2) is 40.0 Å². The highest BCUT2D eigenvalue weighted by molar-refractivity contribution is 5.68. The number of tetrazole rings is 1. The van der Waals surface area contributed by atoms with Crippen molar-refractivity contribution >= 4 is 5.69 Å². The molecule has 112 valence electrons. The van der Waals surface area contributed by atoms with Gasteiger partial charge in [-0.25, -0.2) is 4.68 Å². The molecular formula is C14H19N5O2. The molecule has 2 N–H and O–H groups in total. The molecule has 0 bridgehead atoms. The molecule has 0 amide bonds. The largest absolute Gasteiger partial charge is 0.496 e. The Labute approximate surface area is 123 Å². The Bertz CT molecular complexity index is 628. The molecule has 0 aliphatic carbocycles. The summed E-state index contributed by atoms with van der Waals surface area (Å²) in [6.45, 7) is 2.79. The van der Waals surface area contributed by atoms with Crippen molar-refractivity contribution in [2.45, 2.75) is 31.9 Å². The van der Waals surface area contributed by atoms with Crippen LogP contribution >= 0.6 is 0 Å². The maximum absolute atomic E-state index is 5.89. The number of ether oxygens (including phenoxy) is 2. The second-order valence-electron chi connectivity index (χ2n) is 5.27. The summed E-state index contributed by atoms with van der Waals surface area (Å²) >= 11 is 0. The monoisotopic (exact) mass is 289 g/mol. The lowest BCUT2D eigenvalue weighted by Gasteiger charge is -2.27. The molecule has 0 spiro atoms. The quantitative estimate of drug-likeness (QED) is 0.865. The minimum Gasteiger partial charge on any atom is -0.496 e. The average Bonchev–Trinajstić information content (AvgIpc) is 2.96. The van der Waals surface area contributed by atoms with Crippen LogP contribution in [0.5, 0.6) is 5.75 Å². The van der Waals surface area contributed by atoms with Crippen molar-refractivity contribution in [2.75, 3.05) is 19.5 Å². The molecule has 1 aliphatic rings. The fourth-order valence-corrected chi connectivity index (χ4v) is 2.71. The molecule has 0 radical (unpaired) electrons. The lowest BCUT2D eigenvalue weighted by molar-refractivity contribution is 0.00350. The van der Waals surface area contributed by atoms with Crippen LogP contribution in [0.15, 0.2) is 18.2 Å². The smallest absolute Gasteiger partial charge is 0.186 e. The molecule has 7 heteroatoms. The van der Waals surface area contributed by atoms with Gasteiger partial charge in [0.15, 0.2) is 5.82 Å². The summed E-state index contributed by atoms with van der Waals surface area (Å²) in [4.78, 5) is 0.